The van der Waals surface area contributed by atoms with Gasteiger partial charge in [0.05, 0.1) is 16.7 Å². The van der Waals surface area contributed by atoms with Gasteiger partial charge in [-0.25, -0.2) is 9.97 Å². The maximum absolute atomic E-state index is 5.45. The van der Waals surface area contributed by atoms with Crippen molar-refractivity contribution >= 4 is 40.4 Å². The fraction of sp³-hybridized carbons (Fsp3) is 0.111. The van der Waals surface area contributed by atoms with Gasteiger partial charge in [0.25, 0.3) is 0 Å². The minimum atomic E-state index is -2.06. The summed E-state index contributed by atoms with van der Waals surface area (Å²) in [7, 11) is -2.06. The minimum absolute atomic E-state index is 0.0542. The molecule has 4 heteroatoms. The van der Waals surface area contributed by atoms with Crippen molar-refractivity contribution in [3.8, 4) is 50.6 Å². The topological polar surface area (TPSA) is 30.7 Å². The van der Waals surface area contributed by atoms with Crippen molar-refractivity contribution in [1.29, 1.82) is 0 Å². The maximum Gasteiger partial charge on any atom is 0.159 e. The Balaban J connectivity index is 1.21. The average Bonchev–Trinajstić information content (AvgIpc) is 3.68. The van der Waals surface area contributed by atoms with E-state index in [2.05, 4.69) is 171 Å². The van der Waals surface area contributed by atoms with Crippen LogP contribution in [0.5, 0.6) is 0 Å². The van der Waals surface area contributed by atoms with E-state index in [0.717, 1.165) is 28.3 Å². The number of fused-ring (bicyclic) bond motifs is 9. The summed E-state index contributed by atoms with van der Waals surface area (Å²) in [5.74, 6) is 0.783. The largest absolute Gasteiger partial charge is 0.309 e. The van der Waals surface area contributed by atoms with Gasteiger partial charge in [-0.1, -0.05) is 136 Å². The molecule has 0 radical (unpaired) electrons. The van der Waals surface area contributed by atoms with Crippen molar-refractivity contribution in [3.63, 3.8) is 0 Å². The van der Waals surface area contributed by atoms with Crippen LogP contribution in [0.2, 0.25) is 13.1 Å². The molecule has 3 nitrogen and oxygen atoms in total. The zero-order chi connectivity index (χ0) is 33.1. The van der Waals surface area contributed by atoms with Crippen molar-refractivity contribution in [2.45, 2.75) is 32.4 Å². The third-order valence-corrected chi connectivity index (χ3v) is 14.5. The quantitative estimate of drug-likeness (QED) is 0.179. The molecule has 0 saturated heterocycles. The van der Waals surface area contributed by atoms with E-state index >= 15 is 0 Å². The van der Waals surface area contributed by atoms with Gasteiger partial charge >= 0.3 is 0 Å². The zero-order valence-electron chi connectivity index (χ0n) is 28.1. The van der Waals surface area contributed by atoms with Crippen LogP contribution in [-0.4, -0.2) is 22.6 Å². The Kier molecular flexibility index (Phi) is 5.79. The zero-order valence-corrected chi connectivity index (χ0v) is 29.1. The first-order valence-electron chi connectivity index (χ1n) is 17.2. The van der Waals surface area contributed by atoms with Gasteiger partial charge in [0, 0.05) is 43.9 Å². The molecule has 0 amide bonds. The first-order valence-corrected chi connectivity index (χ1v) is 20.2. The highest BCUT2D eigenvalue weighted by atomic mass is 28.3. The minimum Gasteiger partial charge on any atom is -0.309 e. The van der Waals surface area contributed by atoms with E-state index < -0.39 is 8.07 Å². The number of para-hydroxylation sites is 1. The number of hydrogen-bond acceptors (Lipinski definition) is 2. The molecule has 8 aromatic rings. The lowest BCUT2D eigenvalue weighted by Crippen LogP contribution is -2.50. The highest BCUT2D eigenvalue weighted by Gasteiger charge is 2.41. The van der Waals surface area contributed by atoms with Crippen LogP contribution in [0.25, 0.3) is 72.4 Å². The average molecular weight is 646 g/mol. The lowest BCUT2D eigenvalue weighted by Gasteiger charge is -2.21. The van der Waals surface area contributed by atoms with Gasteiger partial charge in [-0.05, 0) is 63.3 Å². The van der Waals surface area contributed by atoms with Crippen LogP contribution in [0, 0.1) is 0 Å². The molecule has 0 bridgehead atoms. The Morgan fingerprint density at radius 1 is 0.551 bits per heavy atom. The monoisotopic (exact) mass is 645 g/mol. The summed E-state index contributed by atoms with van der Waals surface area (Å²) in [6.45, 7) is 9.56. The number of benzene rings is 6. The van der Waals surface area contributed by atoms with Crippen LogP contribution in [0.4, 0.5) is 0 Å². The summed E-state index contributed by atoms with van der Waals surface area (Å²) in [5, 5.41) is 5.20. The van der Waals surface area contributed by atoms with Gasteiger partial charge in [-0.2, -0.15) is 0 Å². The molecule has 2 aromatic heterocycles. The molecule has 1 aliphatic carbocycles. The van der Waals surface area contributed by atoms with E-state index in [1.165, 1.54) is 65.7 Å². The fourth-order valence-electron chi connectivity index (χ4n) is 8.70. The summed E-state index contributed by atoms with van der Waals surface area (Å²) in [5.41, 5.74) is 14.6. The Labute approximate surface area is 287 Å². The van der Waals surface area contributed by atoms with Crippen LogP contribution in [0.3, 0.4) is 0 Å². The van der Waals surface area contributed by atoms with E-state index in [0.29, 0.717) is 0 Å². The molecule has 0 atom stereocenters. The van der Waals surface area contributed by atoms with Crippen LogP contribution >= 0.6 is 0 Å². The SMILES string of the molecule is CC1(C)c2ccccc2-c2cc3c(cc21)c1ccccc1n3-c1cccc(-c2nc(-c3ccccc3)c3c(n2)[Si](C)(C)c2ccccc2-3)c1. The highest BCUT2D eigenvalue weighted by Crippen LogP contribution is 2.51. The summed E-state index contributed by atoms with van der Waals surface area (Å²) in [6, 6.07) is 50.9. The molecule has 0 fully saturated rings. The Bertz CT molecular complexity index is 2660. The number of nitrogens with zero attached hydrogens (tertiary/aromatic N) is 3. The van der Waals surface area contributed by atoms with Crippen molar-refractivity contribution in [1.82, 2.24) is 14.5 Å². The summed E-state index contributed by atoms with van der Waals surface area (Å²) in [4.78, 5) is 10.8. The molecule has 234 valence electrons. The second-order valence-electron chi connectivity index (χ2n) is 14.6. The standard InChI is InChI=1S/C45H35N3Si/c1-45(2)36-22-11-8-19-31(36)34-27-39-35(26-37(34)45)32-20-9-12-23-38(32)48(39)30-18-14-17-29(25-30)43-46-42(28-15-6-5-7-16-28)41-33-21-10-13-24-40(33)49(3,4)44(41)47-43/h5-27H,1-4H3. The highest BCUT2D eigenvalue weighted by molar-refractivity contribution is 7.03. The Morgan fingerprint density at radius 2 is 1.27 bits per heavy atom. The smallest absolute Gasteiger partial charge is 0.159 e. The van der Waals surface area contributed by atoms with E-state index in [1.807, 2.05) is 0 Å². The van der Waals surface area contributed by atoms with Crippen molar-refractivity contribution in [3.05, 3.63) is 151 Å². The third-order valence-electron chi connectivity index (χ3n) is 11.2. The predicted molar refractivity (Wildman–Crippen MR) is 207 cm³/mol. The first-order chi connectivity index (χ1) is 23.8. The second kappa shape index (κ2) is 9.97. The molecule has 0 unspecified atom stereocenters. The number of aromatic nitrogens is 3. The van der Waals surface area contributed by atoms with Crippen LogP contribution < -0.4 is 10.5 Å². The maximum atomic E-state index is 5.45. The van der Waals surface area contributed by atoms with E-state index in [9.17, 15) is 0 Å². The summed E-state index contributed by atoms with van der Waals surface area (Å²) >= 11 is 0. The van der Waals surface area contributed by atoms with Gasteiger partial charge in [0.2, 0.25) is 0 Å². The molecule has 3 heterocycles. The van der Waals surface area contributed by atoms with E-state index in [-0.39, 0.29) is 5.41 Å². The summed E-state index contributed by atoms with van der Waals surface area (Å²) < 4.78 is 2.43. The fourth-order valence-corrected chi connectivity index (χ4v) is 11.6. The molecular weight excluding hydrogens is 611 g/mol. The van der Waals surface area contributed by atoms with Crippen molar-refractivity contribution < 1.29 is 0 Å². The second-order valence-corrected chi connectivity index (χ2v) is 18.9. The van der Waals surface area contributed by atoms with E-state index in [1.54, 1.807) is 0 Å². The van der Waals surface area contributed by atoms with Gasteiger partial charge in [-0.15, -0.1) is 0 Å². The molecule has 1 aliphatic heterocycles. The Hall–Kier alpha value is -5.58. The molecule has 10 rings (SSSR count). The molecule has 2 aliphatic rings. The van der Waals surface area contributed by atoms with Crippen LogP contribution in [-0.2, 0) is 5.41 Å². The Morgan fingerprint density at radius 3 is 2.12 bits per heavy atom. The lowest BCUT2D eigenvalue weighted by atomic mass is 9.82. The normalized spacial score (nSPS) is 14.9. The van der Waals surface area contributed by atoms with Gasteiger partial charge < -0.3 is 4.57 Å². The molecule has 0 saturated carbocycles. The summed E-state index contributed by atoms with van der Waals surface area (Å²) in [6.07, 6.45) is 0. The van der Waals surface area contributed by atoms with E-state index in [4.69, 9.17) is 9.97 Å². The molecule has 6 aromatic carbocycles. The molecule has 49 heavy (non-hydrogen) atoms. The third kappa shape index (κ3) is 3.89. The van der Waals surface area contributed by atoms with Crippen LogP contribution in [0.15, 0.2) is 140 Å². The number of rotatable bonds is 3. The van der Waals surface area contributed by atoms with Crippen molar-refractivity contribution in [2.24, 2.45) is 0 Å². The molecule has 0 spiro atoms. The molecular formula is C45H35N3Si. The van der Waals surface area contributed by atoms with Gasteiger partial charge in [0.15, 0.2) is 5.82 Å². The van der Waals surface area contributed by atoms with Gasteiger partial charge in [0.1, 0.15) is 8.07 Å². The molecule has 0 N–H and O–H groups in total. The van der Waals surface area contributed by atoms with Crippen molar-refractivity contribution in [2.75, 3.05) is 0 Å². The van der Waals surface area contributed by atoms with Crippen LogP contribution in [0.1, 0.15) is 25.0 Å². The van der Waals surface area contributed by atoms with Gasteiger partial charge in [-0.3, -0.25) is 0 Å². The number of hydrogen-bond donors (Lipinski definition) is 0. The first kappa shape index (κ1) is 28.4. The predicted octanol–water partition coefficient (Wildman–Crippen LogP) is 10.0. The lowest BCUT2D eigenvalue weighted by molar-refractivity contribution is 0.661.